The SMILES string of the molecule is O=c1n(CCC2OCCCO2)nc(-c2cccnc2)n1C1CC1. The quantitative estimate of drug-likeness (QED) is 0.838. The van der Waals surface area contributed by atoms with Crippen molar-refractivity contribution in [3.63, 3.8) is 0 Å². The summed E-state index contributed by atoms with van der Waals surface area (Å²) in [5.41, 5.74) is 0.822. The molecule has 0 atom stereocenters. The molecule has 2 aromatic rings. The van der Waals surface area contributed by atoms with Crippen LogP contribution in [0.25, 0.3) is 11.4 Å². The first kappa shape index (κ1) is 14.6. The van der Waals surface area contributed by atoms with Crippen molar-refractivity contribution in [1.82, 2.24) is 19.3 Å². The van der Waals surface area contributed by atoms with Gasteiger partial charge in [0.1, 0.15) is 0 Å². The number of rotatable bonds is 5. The van der Waals surface area contributed by atoms with Gasteiger partial charge in [-0.25, -0.2) is 9.48 Å². The average Bonchev–Trinajstić information content (AvgIpc) is 3.39. The minimum Gasteiger partial charge on any atom is -0.353 e. The van der Waals surface area contributed by atoms with Gasteiger partial charge in [-0.2, -0.15) is 0 Å². The number of ether oxygens (including phenoxy) is 2. The van der Waals surface area contributed by atoms with Crippen molar-refractivity contribution in [3.05, 3.63) is 35.0 Å². The lowest BCUT2D eigenvalue weighted by Crippen LogP contribution is -2.29. The third-order valence-electron chi connectivity index (χ3n) is 4.18. The number of aromatic nitrogens is 4. The molecule has 1 saturated heterocycles. The van der Waals surface area contributed by atoms with Crippen LogP contribution < -0.4 is 5.69 Å². The summed E-state index contributed by atoms with van der Waals surface area (Å²) >= 11 is 0. The monoisotopic (exact) mass is 316 g/mol. The summed E-state index contributed by atoms with van der Waals surface area (Å²) in [5.74, 6) is 0.705. The molecule has 0 unspecified atom stereocenters. The smallest absolute Gasteiger partial charge is 0.346 e. The zero-order chi connectivity index (χ0) is 15.6. The van der Waals surface area contributed by atoms with Gasteiger partial charge in [0.05, 0.1) is 19.8 Å². The fraction of sp³-hybridized carbons (Fsp3) is 0.562. The van der Waals surface area contributed by atoms with Gasteiger partial charge in [0, 0.05) is 30.4 Å². The summed E-state index contributed by atoms with van der Waals surface area (Å²) in [6.45, 7) is 1.94. The van der Waals surface area contributed by atoms with Crippen molar-refractivity contribution in [3.8, 4) is 11.4 Å². The van der Waals surface area contributed by atoms with Crippen LogP contribution in [0.2, 0.25) is 0 Å². The second-order valence-electron chi connectivity index (χ2n) is 5.99. The maximum absolute atomic E-state index is 12.7. The summed E-state index contributed by atoms with van der Waals surface area (Å²) in [4.78, 5) is 16.8. The van der Waals surface area contributed by atoms with Gasteiger partial charge in [0.2, 0.25) is 0 Å². The molecule has 1 saturated carbocycles. The Morgan fingerprint density at radius 1 is 1.26 bits per heavy atom. The van der Waals surface area contributed by atoms with Gasteiger partial charge in [0.25, 0.3) is 0 Å². The molecule has 3 heterocycles. The summed E-state index contributed by atoms with van der Waals surface area (Å²) in [6, 6.07) is 4.07. The van der Waals surface area contributed by atoms with Crippen molar-refractivity contribution in [1.29, 1.82) is 0 Å². The average molecular weight is 316 g/mol. The molecule has 0 radical (unpaired) electrons. The molecule has 0 aromatic carbocycles. The number of pyridine rings is 1. The van der Waals surface area contributed by atoms with Crippen LogP contribution in [0.4, 0.5) is 0 Å². The molecule has 0 bridgehead atoms. The van der Waals surface area contributed by atoms with Crippen molar-refractivity contribution in [2.24, 2.45) is 0 Å². The lowest BCUT2D eigenvalue weighted by molar-refractivity contribution is -0.182. The molecule has 1 aliphatic heterocycles. The maximum atomic E-state index is 12.7. The number of nitrogens with zero attached hydrogens (tertiary/aromatic N) is 4. The van der Waals surface area contributed by atoms with Crippen LogP contribution in [-0.2, 0) is 16.0 Å². The van der Waals surface area contributed by atoms with E-state index >= 15 is 0 Å². The zero-order valence-electron chi connectivity index (χ0n) is 12.9. The fourth-order valence-corrected chi connectivity index (χ4v) is 2.85. The molecule has 7 nitrogen and oxygen atoms in total. The van der Waals surface area contributed by atoms with Gasteiger partial charge < -0.3 is 9.47 Å². The molecule has 23 heavy (non-hydrogen) atoms. The molecule has 2 fully saturated rings. The van der Waals surface area contributed by atoms with E-state index in [0.29, 0.717) is 18.8 Å². The Morgan fingerprint density at radius 2 is 2.09 bits per heavy atom. The molecule has 0 spiro atoms. The molecule has 1 aliphatic carbocycles. The van der Waals surface area contributed by atoms with Gasteiger partial charge in [-0.1, -0.05) is 0 Å². The minimum absolute atomic E-state index is 0.0536. The van der Waals surface area contributed by atoms with E-state index in [-0.39, 0.29) is 18.0 Å². The normalized spacial score (nSPS) is 19.1. The lowest BCUT2D eigenvalue weighted by Gasteiger charge is -2.22. The van der Waals surface area contributed by atoms with E-state index < -0.39 is 0 Å². The predicted molar refractivity (Wildman–Crippen MR) is 82.9 cm³/mol. The largest absolute Gasteiger partial charge is 0.353 e. The Balaban J connectivity index is 1.59. The highest BCUT2D eigenvalue weighted by Crippen LogP contribution is 2.36. The molecular weight excluding hydrogens is 296 g/mol. The summed E-state index contributed by atoms with van der Waals surface area (Å²) in [5, 5.41) is 4.54. The van der Waals surface area contributed by atoms with E-state index in [1.165, 1.54) is 4.68 Å². The summed E-state index contributed by atoms with van der Waals surface area (Å²) in [7, 11) is 0. The van der Waals surface area contributed by atoms with E-state index in [2.05, 4.69) is 10.1 Å². The van der Waals surface area contributed by atoms with Gasteiger partial charge >= 0.3 is 5.69 Å². The second kappa shape index (κ2) is 6.25. The van der Waals surface area contributed by atoms with Crippen LogP contribution in [-0.4, -0.2) is 38.8 Å². The summed E-state index contributed by atoms with van der Waals surface area (Å²) < 4.78 is 14.4. The molecule has 0 N–H and O–H groups in total. The van der Waals surface area contributed by atoms with E-state index in [0.717, 1.165) is 38.0 Å². The molecular formula is C16H20N4O3. The van der Waals surface area contributed by atoms with Gasteiger partial charge in [-0.15, -0.1) is 5.10 Å². The molecule has 2 aliphatic rings. The third-order valence-corrected chi connectivity index (χ3v) is 4.18. The van der Waals surface area contributed by atoms with E-state index in [4.69, 9.17) is 9.47 Å². The summed E-state index contributed by atoms with van der Waals surface area (Å²) in [6.07, 6.45) is 6.87. The van der Waals surface area contributed by atoms with Gasteiger partial charge in [0.15, 0.2) is 12.1 Å². The highest BCUT2D eigenvalue weighted by Gasteiger charge is 2.30. The highest BCUT2D eigenvalue weighted by molar-refractivity contribution is 5.53. The predicted octanol–water partition coefficient (Wildman–Crippen LogP) is 1.59. The lowest BCUT2D eigenvalue weighted by atomic mass is 10.3. The first-order valence-corrected chi connectivity index (χ1v) is 8.16. The van der Waals surface area contributed by atoms with Gasteiger partial charge in [-0.05, 0) is 31.4 Å². The molecule has 122 valence electrons. The Hall–Kier alpha value is -1.99. The van der Waals surface area contributed by atoms with Crippen LogP contribution in [0.5, 0.6) is 0 Å². The van der Waals surface area contributed by atoms with Crippen molar-refractivity contribution < 1.29 is 9.47 Å². The Morgan fingerprint density at radius 3 is 2.78 bits per heavy atom. The number of hydrogen-bond donors (Lipinski definition) is 0. The first-order chi connectivity index (χ1) is 11.3. The number of hydrogen-bond acceptors (Lipinski definition) is 5. The van der Waals surface area contributed by atoms with Crippen molar-refractivity contribution in [2.45, 2.75) is 44.6 Å². The number of aryl methyl sites for hydroxylation is 1. The molecule has 2 aromatic heterocycles. The second-order valence-corrected chi connectivity index (χ2v) is 5.99. The Bertz CT molecular complexity index is 715. The minimum atomic E-state index is -0.233. The van der Waals surface area contributed by atoms with Crippen LogP contribution in [0.15, 0.2) is 29.3 Å². The fourth-order valence-electron chi connectivity index (χ4n) is 2.85. The van der Waals surface area contributed by atoms with Crippen LogP contribution in [0, 0.1) is 0 Å². The Kier molecular flexibility index (Phi) is 3.97. The topological polar surface area (TPSA) is 71.2 Å². The Labute approximate surface area is 133 Å². The van der Waals surface area contributed by atoms with Crippen LogP contribution in [0.1, 0.15) is 31.7 Å². The first-order valence-electron chi connectivity index (χ1n) is 8.16. The van der Waals surface area contributed by atoms with Crippen molar-refractivity contribution in [2.75, 3.05) is 13.2 Å². The molecule has 7 heteroatoms. The van der Waals surface area contributed by atoms with E-state index in [9.17, 15) is 4.79 Å². The maximum Gasteiger partial charge on any atom is 0.346 e. The van der Waals surface area contributed by atoms with Crippen LogP contribution >= 0.6 is 0 Å². The van der Waals surface area contributed by atoms with E-state index in [1.54, 1.807) is 17.0 Å². The zero-order valence-corrected chi connectivity index (χ0v) is 12.9. The van der Waals surface area contributed by atoms with Crippen molar-refractivity contribution >= 4 is 0 Å². The molecule has 4 rings (SSSR count). The van der Waals surface area contributed by atoms with Crippen LogP contribution in [0.3, 0.4) is 0 Å². The molecule has 0 amide bonds. The van der Waals surface area contributed by atoms with E-state index in [1.807, 2.05) is 12.1 Å². The van der Waals surface area contributed by atoms with Gasteiger partial charge in [-0.3, -0.25) is 9.55 Å². The standard InChI is InChI=1S/C16H20N4O3/c21-16-19(8-6-14-22-9-2-10-23-14)18-15(20(16)13-4-5-13)12-3-1-7-17-11-12/h1,3,7,11,13-14H,2,4-6,8-10H2. The third kappa shape index (κ3) is 3.07. The highest BCUT2D eigenvalue weighted by atomic mass is 16.7.